The van der Waals surface area contributed by atoms with Crippen LogP contribution >= 0.6 is 0 Å². The van der Waals surface area contributed by atoms with Gasteiger partial charge in [-0.05, 0) is 92.3 Å². The second kappa shape index (κ2) is 9.19. The zero-order valence-corrected chi connectivity index (χ0v) is 21.2. The van der Waals surface area contributed by atoms with E-state index in [0.717, 1.165) is 32.1 Å². The summed E-state index contributed by atoms with van der Waals surface area (Å²) in [4.78, 5) is 35.7. The molecule has 4 aliphatic carbocycles. The minimum Gasteiger partial charge on any atom is -0.462 e. The van der Waals surface area contributed by atoms with Gasteiger partial charge in [0.05, 0.1) is 6.61 Å². The molecule has 4 rings (SSSR count). The molecule has 0 aromatic heterocycles. The van der Waals surface area contributed by atoms with Crippen molar-refractivity contribution in [2.45, 2.75) is 98.5 Å². The van der Waals surface area contributed by atoms with E-state index in [1.165, 1.54) is 31.8 Å². The smallest absolute Gasteiger partial charge is 0.374 e. The number of hydrogen-bond acceptors (Lipinski definition) is 5. The molecule has 0 saturated heterocycles. The first-order valence-corrected chi connectivity index (χ1v) is 13.2. The van der Waals surface area contributed by atoms with Gasteiger partial charge in [0.2, 0.25) is 5.78 Å². The molecule has 184 valence electrons. The lowest BCUT2D eigenvalue weighted by Crippen LogP contribution is -2.51. The summed E-state index contributed by atoms with van der Waals surface area (Å²) in [6.07, 6.45) is 11.8. The Hall–Kier alpha value is -1.65. The lowest BCUT2D eigenvalue weighted by molar-refractivity contribution is -0.154. The predicted molar refractivity (Wildman–Crippen MR) is 126 cm³/mol. The minimum absolute atomic E-state index is 0.0425. The lowest BCUT2D eigenvalue weighted by Gasteiger charge is -2.58. The molecule has 0 heterocycles. The van der Waals surface area contributed by atoms with E-state index >= 15 is 0 Å². The van der Waals surface area contributed by atoms with Crippen LogP contribution in [0.2, 0.25) is 0 Å². The Morgan fingerprint density at radius 3 is 2.55 bits per heavy atom. The molecule has 0 aliphatic heterocycles. The maximum absolute atomic E-state index is 12.4. The van der Waals surface area contributed by atoms with E-state index in [1.807, 2.05) is 0 Å². The van der Waals surface area contributed by atoms with Crippen LogP contribution in [0.1, 0.15) is 92.4 Å². The lowest BCUT2D eigenvalue weighted by atomic mass is 9.47. The third kappa shape index (κ3) is 4.30. The average Bonchev–Trinajstić information content (AvgIpc) is 3.11. The quantitative estimate of drug-likeness (QED) is 0.292. The van der Waals surface area contributed by atoms with Crippen molar-refractivity contribution < 1.29 is 23.9 Å². The van der Waals surface area contributed by atoms with E-state index in [4.69, 9.17) is 9.47 Å². The number of carbonyl (C=O) groups is 3. The first-order valence-electron chi connectivity index (χ1n) is 13.2. The van der Waals surface area contributed by atoms with E-state index < -0.39 is 5.97 Å². The van der Waals surface area contributed by atoms with E-state index in [1.54, 1.807) is 6.92 Å². The highest BCUT2D eigenvalue weighted by Gasteiger charge is 2.59. The number of esters is 2. The molecule has 0 radical (unpaired) electrons. The first-order chi connectivity index (χ1) is 15.6. The Bertz CT molecular complexity index is 830. The molecule has 0 bridgehead atoms. The number of allylic oxidation sites excluding steroid dienone is 1. The normalized spacial score (nSPS) is 40.5. The van der Waals surface area contributed by atoms with Gasteiger partial charge < -0.3 is 9.47 Å². The fraction of sp³-hybridized carbons (Fsp3) is 0.821. The predicted octanol–water partition coefficient (Wildman–Crippen LogP) is 5.66. The van der Waals surface area contributed by atoms with Gasteiger partial charge in [-0.1, -0.05) is 32.4 Å². The van der Waals surface area contributed by atoms with Crippen LogP contribution < -0.4 is 0 Å². The molecule has 3 saturated carbocycles. The number of hydrogen-bond donors (Lipinski definition) is 0. The first kappa shape index (κ1) is 24.5. The Morgan fingerprint density at radius 1 is 1.09 bits per heavy atom. The van der Waals surface area contributed by atoms with Crippen molar-refractivity contribution in [1.82, 2.24) is 0 Å². The number of ketones is 1. The molecular weight excluding hydrogens is 416 g/mol. The van der Waals surface area contributed by atoms with Crippen LogP contribution in [0.25, 0.3) is 0 Å². The largest absolute Gasteiger partial charge is 0.462 e. The van der Waals surface area contributed by atoms with Crippen LogP contribution in [0.15, 0.2) is 11.6 Å². The fourth-order valence-electron chi connectivity index (χ4n) is 8.67. The molecule has 4 aliphatic rings. The molecule has 0 N–H and O–H groups in total. The summed E-state index contributed by atoms with van der Waals surface area (Å²) in [5.41, 5.74) is 1.99. The topological polar surface area (TPSA) is 69.7 Å². The van der Waals surface area contributed by atoms with Crippen LogP contribution in [-0.2, 0) is 23.9 Å². The number of rotatable bonds is 6. The standard InChI is InChI=1S/C28H42O5/c1-6-32-26(31)25(30)15-17(2)22-9-10-23-21-8-7-19-16-20(33-18(3)29)11-13-27(19,4)24(21)12-14-28(22,23)5/h7,17,20-24H,6,8-16H2,1-5H3. The van der Waals surface area contributed by atoms with Gasteiger partial charge in [0.15, 0.2) is 0 Å². The molecular formula is C28H42O5. The third-order valence-electron chi connectivity index (χ3n) is 10.2. The van der Waals surface area contributed by atoms with Gasteiger partial charge in [-0.25, -0.2) is 4.79 Å². The minimum atomic E-state index is -0.671. The number of ether oxygens (including phenoxy) is 2. The van der Waals surface area contributed by atoms with E-state index in [-0.39, 0.29) is 41.2 Å². The highest BCUT2D eigenvalue weighted by molar-refractivity contribution is 6.33. The Labute approximate surface area is 199 Å². The van der Waals surface area contributed by atoms with Gasteiger partial charge in [-0.15, -0.1) is 0 Å². The highest BCUT2D eigenvalue weighted by Crippen LogP contribution is 2.67. The van der Waals surface area contributed by atoms with E-state index in [9.17, 15) is 14.4 Å². The van der Waals surface area contributed by atoms with Crippen LogP contribution in [-0.4, -0.2) is 30.4 Å². The van der Waals surface area contributed by atoms with Crippen molar-refractivity contribution >= 4 is 17.7 Å². The number of fused-ring (bicyclic) bond motifs is 5. The number of Topliss-reactive ketones (excluding diaryl/α,β-unsaturated/α-hetero) is 1. The van der Waals surface area contributed by atoms with E-state index in [0.29, 0.717) is 30.1 Å². The van der Waals surface area contributed by atoms with E-state index in [2.05, 4.69) is 26.8 Å². The van der Waals surface area contributed by atoms with Crippen LogP contribution in [0, 0.1) is 40.4 Å². The zero-order chi connectivity index (χ0) is 24.0. The summed E-state index contributed by atoms with van der Waals surface area (Å²) < 4.78 is 10.5. The molecule has 0 amide bonds. The molecule has 5 nitrogen and oxygen atoms in total. The third-order valence-corrected chi connectivity index (χ3v) is 10.2. The van der Waals surface area contributed by atoms with Gasteiger partial charge in [0.1, 0.15) is 6.10 Å². The summed E-state index contributed by atoms with van der Waals surface area (Å²) in [5, 5.41) is 0. The van der Waals surface area contributed by atoms with Crippen molar-refractivity contribution in [3.05, 3.63) is 11.6 Å². The Morgan fingerprint density at radius 2 is 1.85 bits per heavy atom. The van der Waals surface area contributed by atoms with Crippen molar-refractivity contribution in [1.29, 1.82) is 0 Å². The van der Waals surface area contributed by atoms with Gasteiger partial charge in [0, 0.05) is 19.8 Å². The second-order valence-corrected chi connectivity index (χ2v) is 11.8. The fourth-order valence-corrected chi connectivity index (χ4v) is 8.67. The van der Waals surface area contributed by atoms with Crippen LogP contribution in [0.3, 0.4) is 0 Å². The van der Waals surface area contributed by atoms with Gasteiger partial charge in [0.25, 0.3) is 0 Å². The summed E-state index contributed by atoms with van der Waals surface area (Å²) in [6, 6.07) is 0. The molecule has 0 aromatic rings. The maximum Gasteiger partial charge on any atom is 0.374 e. The molecule has 33 heavy (non-hydrogen) atoms. The van der Waals surface area contributed by atoms with Crippen molar-refractivity contribution in [3.63, 3.8) is 0 Å². The van der Waals surface area contributed by atoms with Crippen molar-refractivity contribution in [3.8, 4) is 0 Å². The second-order valence-electron chi connectivity index (χ2n) is 11.8. The van der Waals surface area contributed by atoms with Gasteiger partial charge in [-0.3, -0.25) is 9.59 Å². The molecule has 5 heteroatoms. The molecule has 8 atom stereocenters. The molecule has 0 aromatic carbocycles. The van der Waals surface area contributed by atoms with Crippen molar-refractivity contribution in [2.75, 3.05) is 6.61 Å². The van der Waals surface area contributed by atoms with Crippen molar-refractivity contribution in [2.24, 2.45) is 40.4 Å². The maximum atomic E-state index is 12.4. The van der Waals surface area contributed by atoms with Crippen LogP contribution in [0.4, 0.5) is 0 Å². The molecule has 0 spiro atoms. The van der Waals surface area contributed by atoms with Crippen LogP contribution in [0.5, 0.6) is 0 Å². The monoisotopic (exact) mass is 458 g/mol. The SMILES string of the molecule is CCOC(=O)C(=O)CC(C)C1CCC2C3CC=C4CC(OC(C)=O)CCC4(C)C3CCC12C. The Kier molecular flexibility index (Phi) is 6.81. The highest BCUT2D eigenvalue weighted by atomic mass is 16.5. The zero-order valence-electron chi connectivity index (χ0n) is 21.2. The molecule has 8 unspecified atom stereocenters. The average molecular weight is 459 g/mol. The number of carbonyl (C=O) groups excluding carboxylic acids is 3. The summed E-state index contributed by atoms with van der Waals surface area (Å²) in [7, 11) is 0. The summed E-state index contributed by atoms with van der Waals surface area (Å²) >= 11 is 0. The summed E-state index contributed by atoms with van der Waals surface area (Å²) in [5.74, 6) is 1.56. The molecule has 3 fully saturated rings. The van der Waals surface area contributed by atoms with Gasteiger partial charge in [-0.2, -0.15) is 0 Å². The summed E-state index contributed by atoms with van der Waals surface area (Å²) in [6.45, 7) is 10.6. The van der Waals surface area contributed by atoms with Gasteiger partial charge >= 0.3 is 11.9 Å². The Balaban J connectivity index is 1.48.